The number of nitrogens with one attached hydrogen (secondary N) is 1. The lowest BCUT2D eigenvalue weighted by Gasteiger charge is -2.01. The van der Waals surface area contributed by atoms with Crippen LogP contribution in [-0.4, -0.2) is 23.9 Å². The fraction of sp³-hybridized carbons (Fsp3) is 0.500. The SMILES string of the molecule is O=C(Cc1nc(CCl)cs1)NCC(F)F. The highest BCUT2D eigenvalue weighted by atomic mass is 35.5. The van der Waals surface area contributed by atoms with E-state index in [-0.39, 0.29) is 12.3 Å². The minimum atomic E-state index is -2.52. The molecule has 1 aromatic heterocycles. The van der Waals surface area contributed by atoms with Crippen molar-refractivity contribution in [3.8, 4) is 0 Å². The minimum Gasteiger partial charge on any atom is -0.350 e. The monoisotopic (exact) mass is 254 g/mol. The molecule has 0 radical (unpaired) electrons. The van der Waals surface area contributed by atoms with E-state index in [0.29, 0.717) is 10.7 Å². The second kappa shape index (κ2) is 5.97. The molecule has 84 valence electrons. The maximum absolute atomic E-state index is 11.7. The smallest absolute Gasteiger partial charge is 0.255 e. The van der Waals surface area contributed by atoms with Crippen molar-refractivity contribution in [3.05, 3.63) is 16.1 Å². The molecule has 0 unspecified atom stereocenters. The second-order valence-corrected chi connectivity index (χ2v) is 3.95. The van der Waals surface area contributed by atoms with Gasteiger partial charge in [0.1, 0.15) is 5.01 Å². The zero-order valence-electron chi connectivity index (χ0n) is 7.67. The predicted octanol–water partition coefficient (Wildman–Crippen LogP) is 1.81. The van der Waals surface area contributed by atoms with Crippen LogP contribution >= 0.6 is 22.9 Å². The van der Waals surface area contributed by atoms with Crippen LogP contribution in [0.3, 0.4) is 0 Å². The molecule has 1 rings (SSSR count). The molecule has 0 fully saturated rings. The third-order valence-corrected chi connectivity index (χ3v) is 2.67. The summed E-state index contributed by atoms with van der Waals surface area (Å²) in [5.41, 5.74) is 0.693. The van der Waals surface area contributed by atoms with Crippen molar-refractivity contribution < 1.29 is 13.6 Å². The van der Waals surface area contributed by atoms with Gasteiger partial charge in [0.2, 0.25) is 5.91 Å². The van der Waals surface area contributed by atoms with Crippen LogP contribution in [0.15, 0.2) is 5.38 Å². The highest BCUT2D eigenvalue weighted by Crippen LogP contribution is 2.11. The van der Waals surface area contributed by atoms with Crippen LogP contribution in [0.25, 0.3) is 0 Å². The van der Waals surface area contributed by atoms with Gasteiger partial charge in [-0.2, -0.15) is 0 Å². The molecule has 0 aliphatic rings. The van der Waals surface area contributed by atoms with Gasteiger partial charge in [0.05, 0.1) is 24.5 Å². The second-order valence-electron chi connectivity index (χ2n) is 2.74. The summed E-state index contributed by atoms with van der Waals surface area (Å²) in [6.45, 7) is -0.618. The molecule has 0 atom stereocenters. The van der Waals surface area contributed by atoms with Crippen LogP contribution in [0.5, 0.6) is 0 Å². The standard InChI is InChI=1S/C8H9ClF2N2OS/c9-2-5-4-15-8(13-5)1-7(14)12-3-6(10)11/h4,6H,1-3H2,(H,12,14). The molecule has 0 aliphatic heterocycles. The first kappa shape index (κ1) is 12.3. The third-order valence-electron chi connectivity index (χ3n) is 1.50. The summed E-state index contributed by atoms with van der Waals surface area (Å²) >= 11 is 6.82. The number of alkyl halides is 3. The molecule has 7 heteroatoms. The van der Waals surface area contributed by atoms with Gasteiger partial charge < -0.3 is 5.32 Å². The fourth-order valence-electron chi connectivity index (χ4n) is 0.882. The Morgan fingerprint density at radius 3 is 2.93 bits per heavy atom. The van der Waals surface area contributed by atoms with Crippen molar-refractivity contribution >= 4 is 28.8 Å². The van der Waals surface area contributed by atoms with Crippen molar-refractivity contribution in [1.82, 2.24) is 10.3 Å². The van der Waals surface area contributed by atoms with Crippen molar-refractivity contribution in [1.29, 1.82) is 0 Å². The van der Waals surface area contributed by atoms with Gasteiger partial charge in [0.15, 0.2) is 0 Å². The first-order valence-corrected chi connectivity index (χ1v) is 5.57. The lowest BCUT2D eigenvalue weighted by atomic mass is 10.4. The Balaban J connectivity index is 2.37. The number of amides is 1. The van der Waals surface area contributed by atoms with E-state index in [9.17, 15) is 13.6 Å². The van der Waals surface area contributed by atoms with Crippen LogP contribution in [-0.2, 0) is 17.1 Å². The molecular weight excluding hydrogens is 246 g/mol. The Kier molecular flexibility index (Phi) is 4.90. The number of thiazole rings is 1. The Hall–Kier alpha value is -0.750. The average Bonchev–Trinajstić information content (AvgIpc) is 2.62. The molecule has 15 heavy (non-hydrogen) atoms. The molecular formula is C8H9ClF2N2OS. The van der Waals surface area contributed by atoms with Crippen molar-refractivity contribution in [2.45, 2.75) is 18.7 Å². The summed E-state index contributed by atoms with van der Waals surface area (Å²) in [4.78, 5) is 15.1. The molecule has 1 amide bonds. The zero-order valence-corrected chi connectivity index (χ0v) is 9.25. The van der Waals surface area contributed by atoms with Gasteiger partial charge in [-0.25, -0.2) is 13.8 Å². The number of hydrogen-bond acceptors (Lipinski definition) is 3. The summed E-state index contributed by atoms with van der Waals surface area (Å²) in [5.74, 6) is -0.166. The Bertz CT molecular complexity index is 332. The Labute approximate surface area is 94.5 Å². The summed E-state index contributed by atoms with van der Waals surface area (Å²) in [5, 5.41) is 4.42. The van der Waals surface area contributed by atoms with Crippen LogP contribution in [0, 0.1) is 0 Å². The third kappa shape index (κ3) is 4.53. The maximum Gasteiger partial charge on any atom is 0.255 e. The number of nitrogens with zero attached hydrogens (tertiary/aromatic N) is 1. The van der Waals surface area contributed by atoms with E-state index < -0.39 is 18.9 Å². The summed E-state index contributed by atoms with van der Waals surface area (Å²) in [7, 11) is 0. The highest BCUT2D eigenvalue weighted by molar-refractivity contribution is 7.09. The number of hydrogen-bond donors (Lipinski definition) is 1. The van der Waals surface area contributed by atoms with E-state index in [1.54, 1.807) is 5.38 Å². The summed E-state index contributed by atoms with van der Waals surface area (Å²) < 4.78 is 23.5. The molecule has 0 spiro atoms. The quantitative estimate of drug-likeness (QED) is 0.815. The molecule has 0 aliphatic carbocycles. The number of carbonyl (C=O) groups excluding carboxylic acids is 1. The van der Waals surface area contributed by atoms with E-state index in [1.165, 1.54) is 11.3 Å². The van der Waals surface area contributed by atoms with Gasteiger partial charge in [-0.1, -0.05) is 0 Å². The van der Waals surface area contributed by atoms with E-state index in [4.69, 9.17) is 11.6 Å². The molecule has 1 N–H and O–H groups in total. The van der Waals surface area contributed by atoms with Crippen LogP contribution in [0.1, 0.15) is 10.7 Å². The predicted molar refractivity (Wildman–Crippen MR) is 54.4 cm³/mol. The lowest BCUT2D eigenvalue weighted by Crippen LogP contribution is -2.29. The van der Waals surface area contributed by atoms with Crippen LogP contribution < -0.4 is 5.32 Å². The number of aromatic nitrogens is 1. The molecule has 0 aromatic carbocycles. The normalized spacial score (nSPS) is 10.7. The van der Waals surface area contributed by atoms with E-state index >= 15 is 0 Å². The molecule has 1 aromatic rings. The van der Waals surface area contributed by atoms with E-state index in [2.05, 4.69) is 10.3 Å². The number of rotatable bonds is 5. The number of carbonyl (C=O) groups is 1. The largest absolute Gasteiger partial charge is 0.350 e. The van der Waals surface area contributed by atoms with E-state index in [0.717, 1.165) is 0 Å². The molecule has 3 nitrogen and oxygen atoms in total. The highest BCUT2D eigenvalue weighted by Gasteiger charge is 2.09. The molecule has 0 saturated carbocycles. The first-order valence-electron chi connectivity index (χ1n) is 4.16. The van der Waals surface area contributed by atoms with Crippen LogP contribution in [0.2, 0.25) is 0 Å². The van der Waals surface area contributed by atoms with E-state index in [1.807, 2.05) is 0 Å². The maximum atomic E-state index is 11.7. The van der Waals surface area contributed by atoms with Gasteiger partial charge in [0.25, 0.3) is 6.43 Å². The summed E-state index contributed by atoms with van der Waals surface area (Å²) in [6.07, 6.45) is -2.50. The Morgan fingerprint density at radius 1 is 1.67 bits per heavy atom. The molecule has 1 heterocycles. The molecule has 0 bridgehead atoms. The summed E-state index contributed by atoms with van der Waals surface area (Å²) in [6, 6.07) is 0. The van der Waals surface area contributed by atoms with Crippen LogP contribution in [0.4, 0.5) is 8.78 Å². The minimum absolute atomic E-state index is 0.0221. The van der Waals surface area contributed by atoms with Gasteiger partial charge in [-0.15, -0.1) is 22.9 Å². The van der Waals surface area contributed by atoms with Crippen molar-refractivity contribution in [3.63, 3.8) is 0 Å². The first-order chi connectivity index (χ1) is 7.11. The average molecular weight is 255 g/mol. The lowest BCUT2D eigenvalue weighted by molar-refractivity contribution is -0.121. The topological polar surface area (TPSA) is 42.0 Å². The van der Waals surface area contributed by atoms with Gasteiger partial charge in [0, 0.05) is 5.38 Å². The number of halogens is 3. The van der Waals surface area contributed by atoms with Crippen molar-refractivity contribution in [2.24, 2.45) is 0 Å². The van der Waals surface area contributed by atoms with Gasteiger partial charge in [-0.3, -0.25) is 4.79 Å². The van der Waals surface area contributed by atoms with Gasteiger partial charge >= 0.3 is 0 Å². The van der Waals surface area contributed by atoms with Crippen molar-refractivity contribution in [2.75, 3.05) is 6.54 Å². The molecule has 0 saturated heterocycles. The van der Waals surface area contributed by atoms with Gasteiger partial charge in [-0.05, 0) is 0 Å². The Morgan fingerprint density at radius 2 is 2.40 bits per heavy atom. The fourth-order valence-corrected chi connectivity index (χ4v) is 1.90. The zero-order chi connectivity index (χ0) is 11.3.